The topological polar surface area (TPSA) is 40.5 Å². The summed E-state index contributed by atoms with van der Waals surface area (Å²) in [5.41, 5.74) is 0.554. The quantitative estimate of drug-likeness (QED) is 0.186. The fraction of sp³-hybridized carbons (Fsp3) is 0.103. The molecule has 31 heavy (non-hydrogen) atoms. The Morgan fingerprint density at radius 3 is 1.71 bits per heavy atom. The molecule has 0 aliphatic rings. The smallest absolute Gasteiger partial charge is 0.190 e. The van der Waals surface area contributed by atoms with Crippen molar-refractivity contribution in [1.29, 1.82) is 0 Å². The number of hydrogen-bond donors (Lipinski definition) is 2. The van der Waals surface area contributed by atoms with Crippen LogP contribution < -0.4 is 0 Å². The van der Waals surface area contributed by atoms with Crippen molar-refractivity contribution >= 4 is 53.9 Å². The largest absolute Gasteiger partial charge is 0.362 e. The number of hydrogen-bond acceptors (Lipinski definition) is 2. The molecule has 0 heterocycles. The third-order valence-corrected chi connectivity index (χ3v) is 6.58. The van der Waals surface area contributed by atoms with Crippen molar-refractivity contribution in [2.75, 3.05) is 0 Å². The first-order valence-electron chi connectivity index (χ1n) is 10.7. The van der Waals surface area contributed by atoms with Crippen LogP contribution in [0, 0.1) is 0 Å². The Hall–Kier alpha value is -3.46. The molecule has 6 aromatic rings. The standard InChI is InChI=1S/C29H22O2/c1-2-29(30,31)28-9-5-8-20-14-21-10-11-22-15-23-12-18-6-3-4-7-19(18)13-24(23)16-25(22)26(21)17-27(20)28/h3-17,30-31H,2H2,1H3. The summed E-state index contributed by atoms with van der Waals surface area (Å²) < 4.78 is 0. The number of aliphatic hydroxyl groups is 2. The van der Waals surface area contributed by atoms with Gasteiger partial charge in [-0.05, 0) is 90.3 Å². The van der Waals surface area contributed by atoms with Crippen LogP contribution in [0.25, 0.3) is 53.9 Å². The maximum Gasteiger partial charge on any atom is 0.190 e. The van der Waals surface area contributed by atoms with E-state index in [1.54, 1.807) is 6.92 Å². The Kier molecular flexibility index (Phi) is 3.85. The maximum absolute atomic E-state index is 10.6. The average Bonchev–Trinajstić information content (AvgIpc) is 2.79. The molecule has 0 unspecified atom stereocenters. The minimum absolute atomic E-state index is 0.234. The molecule has 0 saturated carbocycles. The lowest BCUT2D eigenvalue weighted by Crippen LogP contribution is -2.23. The lowest BCUT2D eigenvalue weighted by atomic mass is 9.91. The van der Waals surface area contributed by atoms with E-state index in [0.717, 1.165) is 21.5 Å². The van der Waals surface area contributed by atoms with Gasteiger partial charge in [0.1, 0.15) is 0 Å². The first kappa shape index (κ1) is 18.3. The molecule has 150 valence electrons. The SMILES string of the molecule is CCC(O)(O)c1cccc2cc3ccc4cc5cc6ccccc6cc5cc4c3cc12. The molecule has 0 aliphatic carbocycles. The lowest BCUT2D eigenvalue weighted by molar-refractivity contribution is -0.170. The minimum atomic E-state index is -1.84. The zero-order chi connectivity index (χ0) is 21.2. The molecular weight excluding hydrogens is 380 g/mol. The van der Waals surface area contributed by atoms with Gasteiger partial charge in [0.15, 0.2) is 5.79 Å². The lowest BCUT2D eigenvalue weighted by Gasteiger charge is -2.22. The fourth-order valence-electron chi connectivity index (χ4n) is 4.81. The summed E-state index contributed by atoms with van der Waals surface area (Å²) in [6.45, 7) is 1.78. The van der Waals surface area contributed by atoms with Gasteiger partial charge in [0, 0.05) is 12.0 Å². The molecule has 0 amide bonds. The van der Waals surface area contributed by atoms with Crippen LogP contribution in [-0.2, 0) is 5.79 Å². The highest BCUT2D eigenvalue weighted by molar-refractivity contribution is 6.16. The molecule has 0 radical (unpaired) electrons. The molecule has 6 aromatic carbocycles. The van der Waals surface area contributed by atoms with Gasteiger partial charge in [0.05, 0.1) is 0 Å². The number of rotatable bonds is 2. The maximum atomic E-state index is 10.6. The highest BCUT2D eigenvalue weighted by Crippen LogP contribution is 2.36. The average molecular weight is 402 g/mol. The molecule has 0 saturated heterocycles. The highest BCUT2D eigenvalue weighted by Gasteiger charge is 2.25. The van der Waals surface area contributed by atoms with Crippen LogP contribution in [0.4, 0.5) is 0 Å². The fourth-order valence-corrected chi connectivity index (χ4v) is 4.81. The Balaban J connectivity index is 1.72. The predicted octanol–water partition coefficient (Wildman–Crippen LogP) is 7.00. The molecule has 2 heteroatoms. The second-order valence-corrected chi connectivity index (χ2v) is 8.46. The molecule has 0 fully saturated rings. The summed E-state index contributed by atoms with van der Waals surface area (Å²) in [5.74, 6) is -1.84. The van der Waals surface area contributed by atoms with E-state index < -0.39 is 5.79 Å². The number of fused-ring (bicyclic) bond motifs is 6. The van der Waals surface area contributed by atoms with Crippen molar-refractivity contribution in [2.45, 2.75) is 19.1 Å². The molecule has 2 N–H and O–H groups in total. The van der Waals surface area contributed by atoms with Crippen LogP contribution in [0.15, 0.2) is 91.0 Å². The predicted molar refractivity (Wildman–Crippen MR) is 130 cm³/mol. The van der Waals surface area contributed by atoms with Crippen LogP contribution >= 0.6 is 0 Å². The molecule has 6 rings (SSSR count). The zero-order valence-electron chi connectivity index (χ0n) is 17.3. The van der Waals surface area contributed by atoms with Gasteiger partial charge in [-0.2, -0.15) is 0 Å². The van der Waals surface area contributed by atoms with Crippen molar-refractivity contribution in [3.63, 3.8) is 0 Å². The summed E-state index contributed by atoms with van der Waals surface area (Å²) in [5, 5.41) is 32.6. The van der Waals surface area contributed by atoms with Gasteiger partial charge in [-0.1, -0.05) is 61.5 Å². The van der Waals surface area contributed by atoms with E-state index in [1.807, 2.05) is 18.2 Å². The van der Waals surface area contributed by atoms with Crippen LogP contribution in [0.2, 0.25) is 0 Å². The van der Waals surface area contributed by atoms with Gasteiger partial charge in [-0.3, -0.25) is 0 Å². The second-order valence-electron chi connectivity index (χ2n) is 8.46. The summed E-state index contributed by atoms with van der Waals surface area (Å²) in [6, 6.07) is 31.8. The van der Waals surface area contributed by atoms with Crippen LogP contribution in [-0.4, -0.2) is 10.2 Å². The van der Waals surface area contributed by atoms with E-state index in [4.69, 9.17) is 0 Å². The Labute approximate surface area is 180 Å². The van der Waals surface area contributed by atoms with E-state index >= 15 is 0 Å². The van der Waals surface area contributed by atoms with E-state index in [2.05, 4.69) is 72.8 Å². The van der Waals surface area contributed by atoms with Crippen molar-refractivity contribution in [3.8, 4) is 0 Å². The van der Waals surface area contributed by atoms with Gasteiger partial charge in [0.25, 0.3) is 0 Å². The second kappa shape index (κ2) is 6.52. The van der Waals surface area contributed by atoms with Crippen LogP contribution in [0.1, 0.15) is 18.9 Å². The Bertz CT molecular complexity index is 1640. The van der Waals surface area contributed by atoms with Gasteiger partial charge in [-0.15, -0.1) is 0 Å². The Morgan fingerprint density at radius 1 is 0.516 bits per heavy atom. The normalized spacial score (nSPS) is 12.5. The van der Waals surface area contributed by atoms with Crippen molar-refractivity contribution in [3.05, 3.63) is 96.6 Å². The summed E-state index contributed by atoms with van der Waals surface area (Å²) in [7, 11) is 0. The van der Waals surface area contributed by atoms with E-state index in [1.165, 1.54) is 32.3 Å². The third-order valence-electron chi connectivity index (χ3n) is 6.58. The van der Waals surface area contributed by atoms with Crippen LogP contribution in [0.5, 0.6) is 0 Å². The van der Waals surface area contributed by atoms with Crippen molar-refractivity contribution < 1.29 is 10.2 Å². The molecule has 2 nitrogen and oxygen atoms in total. The molecule has 0 aromatic heterocycles. The highest BCUT2D eigenvalue weighted by atomic mass is 16.5. The van der Waals surface area contributed by atoms with E-state index in [0.29, 0.717) is 5.56 Å². The van der Waals surface area contributed by atoms with Crippen molar-refractivity contribution in [1.82, 2.24) is 0 Å². The van der Waals surface area contributed by atoms with Gasteiger partial charge in [-0.25, -0.2) is 0 Å². The van der Waals surface area contributed by atoms with Gasteiger partial charge < -0.3 is 10.2 Å². The van der Waals surface area contributed by atoms with Gasteiger partial charge >= 0.3 is 0 Å². The van der Waals surface area contributed by atoms with Crippen molar-refractivity contribution in [2.24, 2.45) is 0 Å². The summed E-state index contributed by atoms with van der Waals surface area (Å²) >= 11 is 0. The van der Waals surface area contributed by atoms with Crippen LogP contribution in [0.3, 0.4) is 0 Å². The number of benzene rings is 6. The van der Waals surface area contributed by atoms with Gasteiger partial charge in [0.2, 0.25) is 0 Å². The zero-order valence-corrected chi connectivity index (χ0v) is 17.3. The minimum Gasteiger partial charge on any atom is -0.362 e. The van der Waals surface area contributed by atoms with E-state index in [-0.39, 0.29) is 6.42 Å². The molecular formula is C29H22O2. The molecule has 0 aliphatic heterocycles. The summed E-state index contributed by atoms with van der Waals surface area (Å²) in [4.78, 5) is 0. The van der Waals surface area contributed by atoms with E-state index in [9.17, 15) is 10.2 Å². The monoisotopic (exact) mass is 402 g/mol. The first-order valence-corrected chi connectivity index (χ1v) is 10.7. The summed E-state index contributed by atoms with van der Waals surface area (Å²) in [6.07, 6.45) is 0.234. The molecule has 0 bridgehead atoms. The third kappa shape index (κ3) is 2.80. The molecule has 0 spiro atoms. The Morgan fingerprint density at radius 2 is 1.03 bits per heavy atom. The first-order chi connectivity index (χ1) is 15.0. The molecule has 0 atom stereocenters.